The normalized spacial score (nSPS) is 24.1. The Hall–Kier alpha value is -0.890. The molecule has 2 nitrogen and oxygen atoms in total. The summed E-state index contributed by atoms with van der Waals surface area (Å²) in [5.41, 5.74) is 2.85. The Morgan fingerprint density at radius 1 is 1.33 bits per heavy atom. The molecule has 0 spiro atoms. The number of rotatable bonds is 4. The van der Waals surface area contributed by atoms with Gasteiger partial charge in [-0.3, -0.25) is 4.98 Å². The first-order valence-electron chi connectivity index (χ1n) is 6.10. The quantitative estimate of drug-likeness (QED) is 0.810. The van der Waals surface area contributed by atoms with E-state index in [0.29, 0.717) is 5.92 Å². The molecule has 15 heavy (non-hydrogen) atoms. The van der Waals surface area contributed by atoms with Gasteiger partial charge in [-0.05, 0) is 50.3 Å². The topological polar surface area (TPSA) is 24.9 Å². The lowest BCUT2D eigenvalue weighted by molar-refractivity contribution is 0.554. The van der Waals surface area contributed by atoms with E-state index in [9.17, 15) is 0 Å². The Morgan fingerprint density at radius 2 is 2.27 bits per heavy atom. The van der Waals surface area contributed by atoms with Gasteiger partial charge in [0.25, 0.3) is 0 Å². The van der Waals surface area contributed by atoms with Crippen molar-refractivity contribution in [2.45, 2.75) is 44.1 Å². The lowest BCUT2D eigenvalue weighted by Gasteiger charge is -2.10. The Kier molecular flexibility index (Phi) is 2.45. The van der Waals surface area contributed by atoms with Gasteiger partial charge in [0.15, 0.2) is 0 Å². The highest BCUT2D eigenvalue weighted by Crippen LogP contribution is 2.33. The van der Waals surface area contributed by atoms with Gasteiger partial charge in [-0.2, -0.15) is 0 Å². The molecule has 0 radical (unpaired) electrons. The summed E-state index contributed by atoms with van der Waals surface area (Å²) in [5, 5.41) is 3.59. The lowest BCUT2D eigenvalue weighted by atomic mass is 10.0. The van der Waals surface area contributed by atoms with Gasteiger partial charge < -0.3 is 5.32 Å². The lowest BCUT2D eigenvalue weighted by Crippen LogP contribution is -2.19. The van der Waals surface area contributed by atoms with Crippen LogP contribution in [0.4, 0.5) is 0 Å². The molecule has 2 aliphatic carbocycles. The standard InChI is InChI=1S/C13H18N2/c1-2-10-3-4-11(13(10)15-8-1)7-9-14-12-5-6-12/h1-2,8,11-12,14H,3-7,9H2. The molecule has 1 unspecified atom stereocenters. The molecule has 1 aromatic rings. The molecule has 3 rings (SSSR count). The first-order valence-corrected chi connectivity index (χ1v) is 6.10. The fourth-order valence-corrected chi connectivity index (χ4v) is 2.53. The summed E-state index contributed by atoms with van der Waals surface area (Å²) in [4.78, 5) is 4.53. The van der Waals surface area contributed by atoms with Crippen LogP contribution >= 0.6 is 0 Å². The molecule has 0 amide bonds. The van der Waals surface area contributed by atoms with E-state index in [1.165, 1.54) is 49.9 Å². The minimum atomic E-state index is 0.715. The highest BCUT2D eigenvalue weighted by atomic mass is 14.9. The smallest absolute Gasteiger partial charge is 0.0467 e. The van der Waals surface area contributed by atoms with Gasteiger partial charge >= 0.3 is 0 Å². The Bertz CT molecular complexity index is 344. The van der Waals surface area contributed by atoms with Gasteiger partial charge in [-0.25, -0.2) is 0 Å². The van der Waals surface area contributed by atoms with Crippen LogP contribution in [-0.4, -0.2) is 17.6 Å². The Balaban J connectivity index is 1.58. The summed E-state index contributed by atoms with van der Waals surface area (Å²) in [6.45, 7) is 1.17. The molecule has 0 aliphatic heterocycles. The molecule has 2 heteroatoms. The summed E-state index contributed by atoms with van der Waals surface area (Å²) >= 11 is 0. The summed E-state index contributed by atoms with van der Waals surface area (Å²) in [7, 11) is 0. The van der Waals surface area contributed by atoms with Crippen LogP contribution in [0.15, 0.2) is 18.3 Å². The number of aryl methyl sites for hydroxylation is 1. The van der Waals surface area contributed by atoms with Crippen molar-refractivity contribution < 1.29 is 0 Å². The van der Waals surface area contributed by atoms with Crippen LogP contribution < -0.4 is 5.32 Å². The maximum atomic E-state index is 4.53. The molecule has 0 aromatic carbocycles. The van der Waals surface area contributed by atoms with Crippen LogP contribution in [0.5, 0.6) is 0 Å². The van der Waals surface area contributed by atoms with E-state index in [1.807, 2.05) is 6.20 Å². The maximum Gasteiger partial charge on any atom is 0.0467 e. The molecule has 80 valence electrons. The van der Waals surface area contributed by atoms with Crippen LogP contribution in [0, 0.1) is 0 Å². The highest BCUT2D eigenvalue weighted by molar-refractivity contribution is 5.28. The molecule has 1 heterocycles. The van der Waals surface area contributed by atoms with E-state index in [2.05, 4.69) is 22.4 Å². The van der Waals surface area contributed by atoms with Crippen molar-refractivity contribution in [1.29, 1.82) is 0 Å². The van der Waals surface area contributed by atoms with Crippen molar-refractivity contribution in [2.24, 2.45) is 0 Å². The number of pyridine rings is 1. The van der Waals surface area contributed by atoms with Crippen molar-refractivity contribution in [3.05, 3.63) is 29.6 Å². The van der Waals surface area contributed by atoms with E-state index in [-0.39, 0.29) is 0 Å². The third-order valence-electron chi connectivity index (χ3n) is 3.58. The predicted octanol–water partition coefficient (Wildman–Crippen LogP) is 2.25. The van der Waals surface area contributed by atoms with E-state index in [4.69, 9.17) is 0 Å². The number of hydrogen-bond donors (Lipinski definition) is 1. The van der Waals surface area contributed by atoms with Crippen molar-refractivity contribution in [3.63, 3.8) is 0 Å². The van der Waals surface area contributed by atoms with Crippen molar-refractivity contribution >= 4 is 0 Å². The van der Waals surface area contributed by atoms with Crippen LogP contribution in [0.25, 0.3) is 0 Å². The van der Waals surface area contributed by atoms with Crippen molar-refractivity contribution in [1.82, 2.24) is 10.3 Å². The van der Waals surface area contributed by atoms with Gasteiger partial charge in [-0.1, -0.05) is 6.07 Å². The summed E-state index contributed by atoms with van der Waals surface area (Å²) < 4.78 is 0. The third kappa shape index (κ3) is 2.05. The molecule has 0 saturated heterocycles. The molecule has 1 N–H and O–H groups in total. The van der Waals surface area contributed by atoms with Gasteiger partial charge in [0.05, 0.1) is 0 Å². The first-order chi connectivity index (χ1) is 7.43. The van der Waals surface area contributed by atoms with Gasteiger partial charge in [0.2, 0.25) is 0 Å². The molecule has 1 fully saturated rings. The van der Waals surface area contributed by atoms with Crippen LogP contribution in [0.1, 0.15) is 42.9 Å². The van der Waals surface area contributed by atoms with E-state index >= 15 is 0 Å². The van der Waals surface area contributed by atoms with E-state index in [0.717, 1.165) is 6.04 Å². The molecular formula is C13H18N2. The second kappa shape index (κ2) is 3.93. The maximum absolute atomic E-state index is 4.53. The monoisotopic (exact) mass is 202 g/mol. The average Bonchev–Trinajstić information content (AvgIpc) is 3.00. The van der Waals surface area contributed by atoms with Crippen LogP contribution in [0.3, 0.4) is 0 Å². The minimum absolute atomic E-state index is 0.715. The zero-order chi connectivity index (χ0) is 10.1. The number of fused-ring (bicyclic) bond motifs is 1. The van der Waals surface area contributed by atoms with Gasteiger partial charge in [-0.15, -0.1) is 0 Å². The Labute approximate surface area is 91.1 Å². The minimum Gasteiger partial charge on any atom is -0.314 e. The van der Waals surface area contributed by atoms with Crippen molar-refractivity contribution in [2.75, 3.05) is 6.54 Å². The highest BCUT2D eigenvalue weighted by Gasteiger charge is 2.24. The summed E-state index contributed by atoms with van der Waals surface area (Å²) in [5.74, 6) is 0.715. The molecule has 1 aromatic heterocycles. The van der Waals surface area contributed by atoms with Gasteiger partial charge in [0, 0.05) is 23.9 Å². The van der Waals surface area contributed by atoms with Crippen LogP contribution in [0.2, 0.25) is 0 Å². The molecule has 1 saturated carbocycles. The number of nitrogens with one attached hydrogen (secondary N) is 1. The molecule has 2 aliphatic rings. The largest absolute Gasteiger partial charge is 0.314 e. The second-order valence-corrected chi connectivity index (χ2v) is 4.80. The number of aromatic nitrogens is 1. The SMILES string of the molecule is c1cnc2c(c1)CCC2CCNC1CC1. The second-order valence-electron chi connectivity index (χ2n) is 4.80. The number of hydrogen-bond acceptors (Lipinski definition) is 2. The van der Waals surface area contributed by atoms with E-state index < -0.39 is 0 Å². The van der Waals surface area contributed by atoms with Crippen LogP contribution in [-0.2, 0) is 6.42 Å². The predicted molar refractivity (Wildman–Crippen MR) is 60.9 cm³/mol. The first kappa shape index (κ1) is 9.34. The average molecular weight is 202 g/mol. The van der Waals surface area contributed by atoms with Gasteiger partial charge in [0.1, 0.15) is 0 Å². The molecule has 1 atom stereocenters. The van der Waals surface area contributed by atoms with E-state index in [1.54, 1.807) is 0 Å². The summed E-state index contributed by atoms with van der Waals surface area (Å²) in [6, 6.07) is 5.13. The number of nitrogens with zero attached hydrogens (tertiary/aromatic N) is 1. The fourth-order valence-electron chi connectivity index (χ4n) is 2.53. The third-order valence-corrected chi connectivity index (χ3v) is 3.58. The zero-order valence-electron chi connectivity index (χ0n) is 9.08. The zero-order valence-corrected chi connectivity index (χ0v) is 9.08. The Morgan fingerprint density at radius 3 is 3.13 bits per heavy atom. The van der Waals surface area contributed by atoms with Crippen molar-refractivity contribution in [3.8, 4) is 0 Å². The summed E-state index contributed by atoms with van der Waals surface area (Å²) in [6.07, 6.45) is 8.51. The molecular weight excluding hydrogens is 184 g/mol. The molecule has 0 bridgehead atoms. The fraction of sp³-hybridized carbons (Fsp3) is 0.615.